The molecule has 4 nitrogen and oxygen atoms in total. The molecule has 0 aromatic heterocycles. The van der Waals surface area contributed by atoms with Crippen LogP contribution in [0.1, 0.15) is 52.9 Å². The maximum absolute atomic E-state index is 12.0. The lowest BCUT2D eigenvalue weighted by Crippen LogP contribution is -2.44. The summed E-state index contributed by atoms with van der Waals surface area (Å²) in [5.41, 5.74) is -0.00680. The Morgan fingerprint density at radius 3 is 2.53 bits per heavy atom. The van der Waals surface area contributed by atoms with Gasteiger partial charge in [0.25, 0.3) is 0 Å². The summed E-state index contributed by atoms with van der Waals surface area (Å²) < 4.78 is 0. The number of nitrogens with one attached hydrogen (secondary N) is 2. The van der Waals surface area contributed by atoms with E-state index in [2.05, 4.69) is 31.4 Å². The van der Waals surface area contributed by atoms with Gasteiger partial charge in [-0.15, -0.1) is 0 Å². The van der Waals surface area contributed by atoms with Crippen molar-refractivity contribution in [1.82, 2.24) is 10.6 Å². The Morgan fingerprint density at radius 2 is 2.00 bits per heavy atom. The third-order valence-electron chi connectivity index (χ3n) is 4.04. The molecule has 0 spiro atoms. The van der Waals surface area contributed by atoms with Gasteiger partial charge in [-0.3, -0.25) is 4.79 Å². The minimum absolute atomic E-state index is 0.00680. The minimum atomic E-state index is -0.00680. The van der Waals surface area contributed by atoms with Crippen LogP contribution in [-0.2, 0) is 4.79 Å². The summed E-state index contributed by atoms with van der Waals surface area (Å²) in [4.78, 5) is 12.0. The fourth-order valence-electron chi connectivity index (χ4n) is 2.62. The molecular weight excluding hydrogens is 240 g/mol. The van der Waals surface area contributed by atoms with Crippen molar-refractivity contribution >= 4 is 5.91 Å². The smallest absolute Gasteiger partial charge is 0.220 e. The van der Waals surface area contributed by atoms with Gasteiger partial charge in [-0.2, -0.15) is 0 Å². The maximum Gasteiger partial charge on any atom is 0.220 e. The molecule has 1 atom stereocenters. The van der Waals surface area contributed by atoms with E-state index in [1.165, 1.54) is 12.8 Å². The summed E-state index contributed by atoms with van der Waals surface area (Å²) in [7, 11) is 0. The van der Waals surface area contributed by atoms with E-state index in [4.69, 9.17) is 5.11 Å². The second-order valence-corrected chi connectivity index (χ2v) is 6.73. The zero-order valence-electron chi connectivity index (χ0n) is 12.7. The number of carbonyl (C=O) groups is 1. The molecule has 3 N–H and O–H groups in total. The largest absolute Gasteiger partial charge is 0.396 e. The summed E-state index contributed by atoms with van der Waals surface area (Å²) in [6.07, 6.45) is 4.61. The molecule has 1 aliphatic heterocycles. The van der Waals surface area contributed by atoms with Gasteiger partial charge in [-0.05, 0) is 50.1 Å². The van der Waals surface area contributed by atoms with Crippen molar-refractivity contribution in [1.29, 1.82) is 0 Å². The summed E-state index contributed by atoms with van der Waals surface area (Å²) in [6, 6.07) is 0.0537. The van der Waals surface area contributed by atoms with Crippen LogP contribution < -0.4 is 10.6 Å². The summed E-state index contributed by atoms with van der Waals surface area (Å²) >= 11 is 0. The predicted molar refractivity (Wildman–Crippen MR) is 77.9 cm³/mol. The Bertz CT molecular complexity index is 268. The van der Waals surface area contributed by atoms with E-state index in [0.717, 1.165) is 19.5 Å². The van der Waals surface area contributed by atoms with Gasteiger partial charge in [0.1, 0.15) is 0 Å². The van der Waals surface area contributed by atoms with E-state index >= 15 is 0 Å². The molecule has 0 aliphatic carbocycles. The Hall–Kier alpha value is -0.610. The van der Waals surface area contributed by atoms with E-state index in [9.17, 15) is 4.79 Å². The highest BCUT2D eigenvalue weighted by atomic mass is 16.3. The number of amides is 1. The average molecular weight is 270 g/mol. The van der Waals surface area contributed by atoms with Crippen molar-refractivity contribution in [2.45, 2.75) is 58.9 Å². The SMILES string of the molecule is CC(C)(C)C(CCO)NC(=O)CCC1CCNCC1. The highest BCUT2D eigenvalue weighted by Gasteiger charge is 2.25. The third-order valence-corrected chi connectivity index (χ3v) is 4.04. The molecule has 112 valence electrons. The van der Waals surface area contributed by atoms with Crippen molar-refractivity contribution in [3.05, 3.63) is 0 Å². The molecule has 4 heteroatoms. The highest BCUT2D eigenvalue weighted by molar-refractivity contribution is 5.76. The van der Waals surface area contributed by atoms with Gasteiger partial charge in [0, 0.05) is 19.1 Å². The molecule has 1 heterocycles. The maximum atomic E-state index is 12.0. The lowest BCUT2D eigenvalue weighted by Gasteiger charge is -2.31. The normalized spacial score (nSPS) is 19.2. The van der Waals surface area contributed by atoms with Crippen molar-refractivity contribution in [3.8, 4) is 0 Å². The number of carbonyl (C=O) groups excluding carboxylic acids is 1. The van der Waals surface area contributed by atoms with Crippen LogP contribution in [0, 0.1) is 11.3 Å². The molecular formula is C15H30N2O2. The summed E-state index contributed by atoms with van der Waals surface area (Å²) in [5.74, 6) is 0.824. The van der Waals surface area contributed by atoms with Gasteiger partial charge in [-0.1, -0.05) is 20.8 Å². The predicted octanol–water partition coefficient (Wildman–Crippen LogP) is 1.68. The highest BCUT2D eigenvalue weighted by Crippen LogP contribution is 2.22. The molecule has 19 heavy (non-hydrogen) atoms. The summed E-state index contributed by atoms with van der Waals surface area (Å²) in [5, 5.41) is 15.5. The van der Waals surface area contributed by atoms with E-state index in [1.807, 2.05) is 0 Å². The number of hydrogen-bond donors (Lipinski definition) is 3. The molecule has 1 fully saturated rings. The topological polar surface area (TPSA) is 61.4 Å². The van der Waals surface area contributed by atoms with Crippen LogP contribution in [-0.4, -0.2) is 36.8 Å². The van der Waals surface area contributed by atoms with E-state index in [1.54, 1.807) is 0 Å². The molecule has 0 aromatic carbocycles. The molecule has 0 saturated carbocycles. The van der Waals surface area contributed by atoms with Gasteiger partial charge in [0.05, 0.1) is 0 Å². The fourth-order valence-corrected chi connectivity index (χ4v) is 2.62. The first-order valence-electron chi connectivity index (χ1n) is 7.54. The van der Waals surface area contributed by atoms with Crippen LogP contribution in [0.4, 0.5) is 0 Å². The summed E-state index contributed by atoms with van der Waals surface area (Å²) in [6.45, 7) is 8.58. The monoisotopic (exact) mass is 270 g/mol. The quantitative estimate of drug-likeness (QED) is 0.688. The number of aliphatic hydroxyl groups is 1. The third kappa shape index (κ3) is 6.39. The van der Waals surface area contributed by atoms with Gasteiger partial charge >= 0.3 is 0 Å². The lowest BCUT2D eigenvalue weighted by molar-refractivity contribution is -0.123. The Labute approximate surface area is 117 Å². The van der Waals surface area contributed by atoms with Crippen LogP contribution in [0.5, 0.6) is 0 Å². The Balaban J connectivity index is 2.31. The first-order valence-corrected chi connectivity index (χ1v) is 7.54. The first-order chi connectivity index (χ1) is 8.93. The van der Waals surface area contributed by atoms with Crippen LogP contribution in [0.25, 0.3) is 0 Å². The zero-order chi connectivity index (χ0) is 14.3. The van der Waals surface area contributed by atoms with Gasteiger partial charge in [-0.25, -0.2) is 0 Å². The second kappa shape index (κ2) is 7.85. The minimum Gasteiger partial charge on any atom is -0.396 e. The molecule has 1 amide bonds. The van der Waals surface area contributed by atoms with Crippen LogP contribution in [0.15, 0.2) is 0 Å². The molecule has 1 unspecified atom stereocenters. The van der Waals surface area contributed by atoms with Gasteiger partial charge in [0.15, 0.2) is 0 Å². The first kappa shape index (κ1) is 16.4. The van der Waals surface area contributed by atoms with E-state index in [0.29, 0.717) is 18.8 Å². The molecule has 1 rings (SSSR count). The van der Waals surface area contributed by atoms with E-state index in [-0.39, 0.29) is 24.0 Å². The van der Waals surface area contributed by atoms with Crippen LogP contribution >= 0.6 is 0 Å². The van der Waals surface area contributed by atoms with Crippen molar-refractivity contribution in [3.63, 3.8) is 0 Å². The molecule has 1 aliphatic rings. The number of piperidine rings is 1. The lowest BCUT2D eigenvalue weighted by atomic mass is 9.84. The van der Waals surface area contributed by atoms with Crippen molar-refractivity contribution in [2.75, 3.05) is 19.7 Å². The molecule has 1 saturated heterocycles. The van der Waals surface area contributed by atoms with Crippen LogP contribution in [0.3, 0.4) is 0 Å². The van der Waals surface area contributed by atoms with Crippen molar-refractivity contribution < 1.29 is 9.90 Å². The molecule has 0 aromatic rings. The number of aliphatic hydroxyl groups excluding tert-OH is 1. The second-order valence-electron chi connectivity index (χ2n) is 6.73. The van der Waals surface area contributed by atoms with Gasteiger partial charge < -0.3 is 15.7 Å². The molecule has 0 bridgehead atoms. The zero-order valence-corrected chi connectivity index (χ0v) is 12.7. The molecule has 0 radical (unpaired) electrons. The van der Waals surface area contributed by atoms with Crippen LogP contribution in [0.2, 0.25) is 0 Å². The Morgan fingerprint density at radius 1 is 1.37 bits per heavy atom. The standard InChI is InChI=1S/C15H30N2O2/c1-15(2,3)13(8-11-18)17-14(19)5-4-12-6-9-16-10-7-12/h12-13,16,18H,4-11H2,1-3H3,(H,17,19). The van der Waals surface area contributed by atoms with E-state index < -0.39 is 0 Å². The fraction of sp³-hybridized carbons (Fsp3) is 0.933. The average Bonchev–Trinajstić information content (AvgIpc) is 2.36. The Kier molecular flexibility index (Phi) is 6.80. The van der Waals surface area contributed by atoms with Gasteiger partial charge in [0.2, 0.25) is 5.91 Å². The number of rotatable bonds is 6. The number of hydrogen-bond acceptors (Lipinski definition) is 3. The van der Waals surface area contributed by atoms with Crippen molar-refractivity contribution in [2.24, 2.45) is 11.3 Å².